The first kappa shape index (κ1) is 22.0. The van der Waals surface area contributed by atoms with Crippen molar-refractivity contribution in [1.82, 2.24) is 14.2 Å². The van der Waals surface area contributed by atoms with E-state index in [-0.39, 0.29) is 17.4 Å². The molecule has 5 rings (SSSR count). The van der Waals surface area contributed by atoms with Crippen LogP contribution in [0.1, 0.15) is 54.3 Å². The largest absolute Gasteiger partial charge is 0.440 e. The van der Waals surface area contributed by atoms with Crippen molar-refractivity contribution in [3.05, 3.63) is 59.7 Å². The van der Waals surface area contributed by atoms with Gasteiger partial charge in [0.1, 0.15) is 16.2 Å². The number of hydrogen-bond acceptors (Lipinski definition) is 5. The molecule has 9 heteroatoms. The number of hydrogen-bond donors (Lipinski definition) is 0. The number of likely N-dealkylation sites (tertiary alicyclic amines) is 1. The van der Waals surface area contributed by atoms with Crippen LogP contribution in [0.2, 0.25) is 0 Å². The first-order chi connectivity index (χ1) is 15.9. The van der Waals surface area contributed by atoms with E-state index in [4.69, 9.17) is 4.42 Å². The molecule has 3 heterocycles. The van der Waals surface area contributed by atoms with Gasteiger partial charge in [0.25, 0.3) is 5.91 Å². The van der Waals surface area contributed by atoms with Gasteiger partial charge in [-0.15, -0.1) is 0 Å². The summed E-state index contributed by atoms with van der Waals surface area (Å²) in [6.45, 7) is 1.74. The monoisotopic (exact) mass is 471 g/mol. The topological polar surface area (TPSA) is 83.7 Å². The fourth-order valence-electron chi connectivity index (χ4n) is 4.66. The molecule has 33 heavy (non-hydrogen) atoms. The van der Waals surface area contributed by atoms with Crippen LogP contribution in [0.3, 0.4) is 0 Å². The summed E-state index contributed by atoms with van der Waals surface area (Å²) in [6, 6.07) is 11.2. The standard InChI is InChI=1S/C24H26FN3O4S/c25-19-9-8-18(16-22(19)33(30,31)28-12-4-1-5-13-28)24(29)27-14-10-17(11-15-27)23-26-20-6-2-3-7-21(20)32-23/h2-3,6-9,16-17H,1,4-5,10-15H2. The first-order valence-corrected chi connectivity index (χ1v) is 12.8. The number of nitrogens with zero attached hydrogens (tertiary/aromatic N) is 3. The van der Waals surface area contributed by atoms with Gasteiger partial charge in [-0.25, -0.2) is 17.8 Å². The van der Waals surface area contributed by atoms with Crippen molar-refractivity contribution in [3.8, 4) is 0 Å². The normalized spacial score (nSPS) is 18.6. The molecule has 0 unspecified atom stereocenters. The lowest BCUT2D eigenvalue weighted by atomic mass is 9.96. The minimum absolute atomic E-state index is 0.115. The van der Waals surface area contributed by atoms with Gasteiger partial charge >= 0.3 is 0 Å². The van der Waals surface area contributed by atoms with Crippen molar-refractivity contribution in [3.63, 3.8) is 0 Å². The maximum Gasteiger partial charge on any atom is 0.253 e. The quantitative estimate of drug-likeness (QED) is 0.571. The number of aromatic nitrogens is 1. The van der Waals surface area contributed by atoms with Crippen LogP contribution in [0.4, 0.5) is 4.39 Å². The SMILES string of the molecule is O=C(c1ccc(F)c(S(=O)(=O)N2CCCCC2)c1)N1CCC(c2nc3ccccc3o2)CC1. The fourth-order valence-corrected chi connectivity index (χ4v) is 6.26. The van der Waals surface area contributed by atoms with Gasteiger partial charge in [-0.05, 0) is 56.0 Å². The number of piperidine rings is 2. The van der Waals surface area contributed by atoms with E-state index in [1.165, 1.54) is 16.4 Å². The lowest BCUT2D eigenvalue weighted by Crippen LogP contribution is -2.38. The summed E-state index contributed by atoms with van der Waals surface area (Å²) in [5, 5.41) is 0. The first-order valence-electron chi connectivity index (χ1n) is 11.4. The average molecular weight is 472 g/mol. The van der Waals surface area contributed by atoms with Gasteiger partial charge in [-0.2, -0.15) is 4.31 Å². The summed E-state index contributed by atoms with van der Waals surface area (Å²) in [4.78, 5) is 18.9. The summed E-state index contributed by atoms with van der Waals surface area (Å²) >= 11 is 0. The van der Waals surface area contributed by atoms with Gasteiger partial charge in [0.05, 0.1) is 0 Å². The van der Waals surface area contributed by atoms with Crippen molar-refractivity contribution in [1.29, 1.82) is 0 Å². The number of rotatable bonds is 4. The Hall–Kier alpha value is -2.78. The van der Waals surface area contributed by atoms with Crippen LogP contribution >= 0.6 is 0 Å². The Balaban J connectivity index is 1.30. The highest BCUT2D eigenvalue weighted by atomic mass is 32.2. The summed E-state index contributed by atoms with van der Waals surface area (Å²) in [6.07, 6.45) is 3.87. The molecular weight excluding hydrogens is 445 g/mol. The maximum atomic E-state index is 14.5. The molecule has 2 aromatic carbocycles. The molecule has 0 spiro atoms. The zero-order valence-corrected chi connectivity index (χ0v) is 19.1. The number of fused-ring (bicyclic) bond motifs is 1. The number of halogens is 1. The molecule has 0 radical (unpaired) electrons. The van der Waals surface area contributed by atoms with Gasteiger partial charge < -0.3 is 9.32 Å². The van der Waals surface area contributed by atoms with Gasteiger partial charge in [0.2, 0.25) is 10.0 Å². The number of carbonyl (C=O) groups excluding carboxylic acids is 1. The van der Waals surface area contributed by atoms with Crippen LogP contribution in [-0.2, 0) is 10.0 Å². The van der Waals surface area contributed by atoms with E-state index < -0.39 is 20.7 Å². The van der Waals surface area contributed by atoms with E-state index in [9.17, 15) is 17.6 Å². The van der Waals surface area contributed by atoms with Gasteiger partial charge in [-0.3, -0.25) is 4.79 Å². The van der Waals surface area contributed by atoms with Crippen LogP contribution in [0, 0.1) is 5.82 Å². The van der Waals surface area contributed by atoms with E-state index in [1.807, 2.05) is 24.3 Å². The Labute approximate surface area is 192 Å². The third kappa shape index (κ3) is 4.27. The molecule has 3 aromatic rings. The highest BCUT2D eigenvalue weighted by Crippen LogP contribution is 2.31. The predicted octanol–water partition coefficient (Wildman–Crippen LogP) is 4.16. The molecule has 0 aliphatic carbocycles. The van der Waals surface area contributed by atoms with Crippen molar-refractivity contribution >= 4 is 27.0 Å². The second kappa shape index (κ2) is 8.87. The van der Waals surface area contributed by atoms with Crippen LogP contribution in [0.15, 0.2) is 51.8 Å². The Kier molecular flexibility index (Phi) is 5.92. The summed E-state index contributed by atoms with van der Waals surface area (Å²) < 4.78 is 47.7. The molecule has 1 aromatic heterocycles. The highest BCUT2D eigenvalue weighted by molar-refractivity contribution is 7.89. The number of benzene rings is 2. The zero-order valence-electron chi connectivity index (χ0n) is 18.2. The van der Waals surface area contributed by atoms with Gasteiger partial charge in [-0.1, -0.05) is 18.6 Å². The molecule has 7 nitrogen and oxygen atoms in total. The Bertz CT molecular complexity index is 1240. The Morgan fingerprint density at radius 3 is 2.45 bits per heavy atom. The molecule has 2 saturated heterocycles. The average Bonchev–Trinajstić information content (AvgIpc) is 3.29. The van der Waals surface area contributed by atoms with Crippen LogP contribution in [-0.4, -0.2) is 54.7 Å². The zero-order chi connectivity index (χ0) is 23.0. The molecule has 0 atom stereocenters. The van der Waals surface area contributed by atoms with Crippen molar-refractivity contribution in [2.24, 2.45) is 0 Å². The predicted molar refractivity (Wildman–Crippen MR) is 121 cm³/mol. The number of oxazole rings is 1. The molecule has 174 valence electrons. The maximum absolute atomic E-state index is 14.5. The number of para-hydroxylation sites is 2. The number of sulfonamides is 1. The minimum Gasteiger partial charge on any atom is -0.440 e. The second-order valence-electron chi connectivity index (χ2n) is 8.70. The van der Waals surface area contributed by atoms with Gasteiger partial charge in [0.15, 0.2) is 11.5 Å². The summed E-state index contributed by atoms with van der Waals surface area (Å²) in [5.74, 6) is -0.322. The molecule has 1 amide bonds. The highest BCUT2D eigenvalue weighted by Gasteiger charge is 2.31. The number of carbonyl (C=O) groups is 1. The van der Waals surface area contributed by atoms with Crippen LogP contribution in [0.5, 0.6) is 0 Å². The fraction of sp³-hybridized carbons (Fsp3) is 0.417. The molecule has 0 N–H and O–H groups in total. The smallest absolute Gasteiger partial charge is 0.253 e. The summed E-state index contributed by atoms with van der Waals surface area (Å²) in [7, 11) is -3.97. The Morgan fingerprint density at radius 2 is 1.73 bits per heavy atom. The van der Waals surface area contributed by atoms with E-state index in [2.05, 4.69) is 4.98 Å². The summed E-state index contributed by atoms with van der Waals surface area (Å²) in [5.41, 5.74) is 1.76. The molecule has 2 aliphatic heterocycles. The lowest BCUT2D eigenvalue weighted by molar-refractivity contribution is 0.0706. The minimum atomic E-state index is -3.97. The van der Waals surface area contributed by atoms with Crippen molar-refractivity contribution < 1.29 is 22.0 Å². The van der Waals surface area contributed by atoms with Crippen LogP contribution in [0.25, 0.3) is 11.1 Å². The van der Waals surface area contributed by atoms with E-state index in [1.54, 1.807) is 4.90 Å². The van der Waals surface area contributed by atoms with E-state index in [0.717, 1.165) is 36.4 Å². The lowest BCUT2D eigenvalue weighted by Gasteiger charge is -2.31. The molecule has 0 saturated carbocycles. The van der Waals surface area contributed by atoms with Gasteiger partial charge in [0, 0.05) is 37.7 Å². The third-order valence-corrected chi connectivity index (χ3v) is 8.47. The number of amides is 1. The van der Waals surface area contributed by atoms with E-state index in [0.29, 0.717) is 44.9 Å². The second-order valence-corrected chi connectivity index (χ2v) is 10.6. The molecule has 0 bridgehead atoms. The van der Waals surface area contributed by atoms with Crippen LogP contribution < -0.4 is 0 Å². The van der Waals surface area contributed by atoms with E-state index >= 15 is 0 Å². The third-order valence-electron chi connectivity index (χ3n) is 6.55. The molecule has 2 fully saturated rings. The molecule has 2 aliphatic rings. The Morgan fingerprint density at radius 1 is 1.00 bits per heavy atom. The molecular formula is C24H26FN3O4S. The van der Waals surface area contributed by atoms with Crippen molar-refractivity contribution in [2.75, 3.05) is 26.2 Å². The van der Waals surface area contributed by atoms with Crippen molar-refractivity contribution in [2.45, 2.75) is 42.9 Å².